The molecule has 0 aliphatic carbocycles. The Bertz CT molecular complexity index is 705. The number of hydroxylamine groups is 1. The monoisotopic (exact) mass is 314 g/mol. The van der Waals surface area contributed by atoms with Crippen molar-refractivity contribution < 1.29 is 19.2 Å². The molecule has 0 aromatic heterocycles. The maximum absolute atomic E-state index is 12.0. The van der Waals surface area contributed by atoms with Gasteiger partial charge >= 0.3 is 6.09 Å². The normalized spacial score (nSPS) is 14.5. The van der Waals surface area contributed by atoms with E-state index in [9.17, 15) is 9.59 Å². The van der Waals surface area contributed by atoms with Crippen LogP contribution in [0.15, 0.2) is 42.5 Å². The molecule has 0 spiro atoms. The lowest BCUT2D eigenvalue weighted by Crippen LogP contribution is -2.43. The summed E-state index contributed by atoms with van der Waals surface area (Å²) in [6.07, 6.45) is -0.405. The van der Waals surface area contributed by atoms with Gasteiger partial charge in [0.25, 0.3) is 5.91 Å². The predicted octanol–water partition coefficient (Wildman–Crippen LogP) is 1.88. The fourth-order valence-electron chi connectivity index (χ4n) is 2.57. The number of amides is 2. The van der Waals surface area contributed by atoms with Gasteiger partial charge in [-0.25, -0.2) is 4.79 Å². The molecule has 1 aliphatic rings. The Hall–Kier alpha value is -2.60. The van der Waals surface area contributed by atoms with Gasteiger partial charge < -0.3 is 14.5 Å². The number of hydrogen-bond donors (Lipinski definition) is 1. The van der Waals surface area contributed by atoms with Crippen LogP contribution in [-0.2, 0) is 20.8 Å². The van der Waals surface area contributed by atoms with Gasteiger partial charge in [-0.1, -0.05) is 42.5 Å². The quantitative estimate of drug-likeness (QED) is 0.860. The molecule has 120 valence electrons. The fraction of sp³-hybridized carbons (Fsp3) is 0.294. The SMILES string of the molecule is O=C(Cc1cccc2ccccc12)NOC(=O)N1CCOCC1. The molecule has 0 saturated carbocycles. The molecule has 0 atom stereocenters. The highest BCUT2D eigenvalue weighted by atomic mass is 16.7. The van der Waals surface area contributed by atoms with Gasteiger partial charge in [-0.3, -0.25) is 4.79 Å². The molecule has 2 amide bonds. The Morgan fingerprint density at radius 1 is 1.09 bits per heavy atom. The van der Waals surface area contributed by atoms with Gasteiger partial charge in [0.1, 0.15) is 0 Å². The summed E-state index contributed by atoms with van der Waals surface area (Å²) in [4.78, 5) is 30.2. The van der Waals surface area contributed by atoms with Crippen LogP contribution >= 0.6 is 0 Å². The minimum Gasteiger partial charge on any atom is -0.378 e. The molecular formula is C17H18N2O4. The molecule has 1 N–H and O–H groups in total. The number of rotatable bonds is 2. The van der Waals surface area contributed by atoms with Gasteiger partial charge in [0.05, 0.1) is 19.6 Å². The van der Waals surface area contributed by atoms with Crippen molar-refractivity contribution in [1.29, 1.82) is 0 Å². The third-order valence-electron chi connectivity index (χ3n) is 3.75. The summed E-state index contributed by atoms with van der Waals surface area (Å²) in [7, 11) is 0. The molecule has 1 saturated heterocycles. The molecular weight excluding hydrogens is 296 g/mol. The molecule has 0 radical (unpaired) electrons. The fourth-order valence-corrected chi connectivity index (χ4v) is 2.57. The second-order valence-corrected chi connectivity index (χ2v) is 5.31. The van der Waals surface area contributed by atoms with Crippen LogP contribution in [0.2, 0.25) is 0 Å². The van der Waals surface area contributed by atoms with Crippen LogP contribution in [0, 0.1) is 0 Å². The van der Waals surface area contributed by atoms with Crippen LogP contribution in [0.1, 0.15) is 5.56 Å². The summed E-state index contributed by atoms with van der Waals surface area (Å²) in [5, 5.41) is 2.09. The van der Waals surface area contributed by atoms with E-state index < -0.39 is 6.09 Å². The third kappa shape index (κ3) is 3.78. The first-order chi connectivity index (χ1) is 11.2. The molecule has 3 rings (SSSR count). The van der Waals surface area contributed by atoms with E-state index in [0.29, 0.717) is 26.3 Å². The minimum atomic E-state index is -0.556. The number of ether oxygens (including phenoxy) is 1. The molecule has 1 fully saturated rings. The summed E-state index contributed by atoms with van der Waals surface area (Å²) in [6, 6.07) is 13.6. The number of morpholine rings is 1. The number of carbonyl (C=O) groups is 2. The van der Waals surface area contributed by atoms with Crippen LogP contribution in [0.5, 0.6) is 0 Å². The van der Waals surface area contributed by atoms with E-state index in [1.165, 1.54) is 4.90 Å². The number of nitrogens with zero attached hydrogens (tertiary/aromatic N) is 1. The zero-order chi connectivity index (χ0) is 16.1. The number of nitrogens with one attached hydrogen (secondary N) is 1. The highest BCUT2D eigenvalue weighted by Gasteiger charge is 2.19. The molecule has 1 heterocycles. The average Bonchev–Trinajstić information content (AvgIpc) is 2.61. The summed E-state index contributed by atoms with van der Waals surface area (Å²) in [6.45, 7) is 1.91. The van der Waals surface area contributed by atoms with Crippen molar-refractivity contribution >= 4 is 22.8 Å². The molecule has 0 bridgehead atoms. The van der Waals surface area contributed by atoms with E-state index in [2.05, 4.69) is 5.48 Å². The highest BCUT2D eigenvalue weighted by Crippen LogP contribution is 2.18. The van der Waals surface area contributed by atoms with Crippen molar-refractivity contribution in [3.63, 3.8) is 0 Å². The lowest BCUT2D eigenvalue weighted by Gasteiger charge is -2.25. The largest absolute Gasteiger partial charge is 0.434 e. The number of carbonyl (C=O) groups excluding carboxylic acids is 2. The standard InChI is InChI=1S/C17H18N2O4/c20-16(18-23-17(21)19-8-10-22-11-9-19)12-14-6-3-5-13-4-1-2-7-15(13)14/h1-7H,8-12H2,(H,18,20). The van der Waals surface area contributed by atoms with Gasteiger partial charge in [-0.05, 0) is 16.3 Å². The van der Waals surface area contributed by atoms with Gasteiger partial charge in [0, 0.05) is 13.1 Å². The topological polar surface area (TPSA) is 67.9 Å². The Labute approximate surface area is 133 Å². The highest BCUT2D eigenvalue weighted by molar-refractivity contribution is 5.90. The molecule has 23 heavy (non-hydrogen) atoms. The lowest BCUT2D eigenvalue weighted by atomic mass is 10.0. The van der Waals surface area contributed by atoms with Gasteiger partial charge in [0.2, 0.25) is 0 Å². The maximum atomic E-state index is 12.0. The van der Waals surface area contributed by atoms with E-state index >= 15 is 0 Å². The van der Waals surface area contributed by atoms with E-state index in [0.717, 1.165) is 16.3 Å². The van der Waals surface area contributed by atoms with Crippen LogP contribution in [0.4, 0.5) is 4.79 Å². The number of benzene rings is 2. The molecule has 0 unspecified atom stereocenters. The smallest absolute Gasteiger partial charge is 0.378 e. The zero-order valence-corrected chi connectivity index (χ0v) is 12.7. The molecule has 1 aliphatic heterocycles. The van der Waals surface area contributed by atoms with E-state index in [1.54, 1.807) is 0 Å². The van der Waals surface area contributed by atoms with Crippen LogP contribution in [0.3, 0.4) is 0 Å². The van der Waals surface area contributed by atoms with Crippen molar-refractivity contribution in [3.05, 3.63) is 48.0 Å². The summed E-state index contributed by atoms with van der Waals surface area (Å²) in [5.41, 5.74) is 3.11. The maximum Gasteiger partial charge on any atom is 0.434 e. The van der Waals surface area contributed by atoms with Gasteiger partial charge in [-0.15, -0.1) is 0 Å². The molecule has 2 aromatic rings. The first kappa shape index (κ1) is 15.3. The molecule has 6 heteroatoms. The Kier molecular flexibility index (Phi) is 4.73. The Balaban J connectivity index is 1.57. The molecule has 6 nitrogen and oxygen atoms in total. The summed E-state index contributed by atoms with van der Waals surface area (Å²) < 4.78 is 5.16. The average molecular weight is 314 g/mol. The Morgan fingerprint density at radius 2 is 1.83 bits per heavy atom. The van der Waals surface area contributed by atoms with Crippen LogP contribution < -0.4 is 5.48 Å². The van der Waals surface area contributed by atoms with Crippen molar-refractivity contribution in [1.82, 2.24) is 10.4 Å². The summed E-state index contributed by atoms with van der Waals surface area (Å²) >= 11 is 0. The van der Waals surface area contributed by atoms with Crippen molar-refractivity contribution in [2.75, 3.05) is 26.3 Å². The first-order valence-corrected chi connectivity index (χ1v) is 7.53. The van der Waals surface area contributed by atoms with Crippen LogP contribution in [0.25, 0.3) is 10.8 Å². The van der Waals surface area contributed by atoms with Gasteiger partial charge in [0.15, 0.2) is 0 Å². The predicted molar refractivity (Wildman–Crippen MR) is 84.7 cm³/mol. The number of hydrogen-bond acceptors (Lipinski definition) is 4. The van der Waals surface area contributed by atoms with Gasteiger partial charge in [-0.2, -0.15) is 5.48 Å². The van der Waals surface area contributed by atoms with Crippen LogP contribution in [-0.4, -0.2) is 43.2 Å². The first-order valence-electron chi connectivity index (χ1n) is 7.53. The van der Waals surface area contributed by atoms with Crippen molar-refractivity contribution in [2.45, 2.75) is 6.42 Å². The van der Waals surface area contributed by atoms with Crippen molar-refractivity contribution in [3.8, 4) is 0 Å². The van der Waals surface area contributed by atoms with E-state index in [1.807, 2.05) is 42.5 Å². The lowest BCUT2D eigenvalue weighted by molar-refractivity contribution is -0.129. The molecule has 2 aromatic carbocycles. The zero-order valence-electron chi connectivity index (χ0n) is 12.7. The van der Waals surface area contributed by atoms with Crippen molar-refractivity contribution in [2.24, 2.45) is 0 Å². The van der Waals surface area contributed by atoms with E-state index in [4.69, 9.17) is 9.57 Å². The second kappa shape index (κ2) is 7.11. The van der Waals surface area contributed by atoms with E-state index in [-0.39, 0.29) is 12.3 Å². The summed E-state index contributed by atoms with van der Waals surface area (Å²) in [5.74, 6) is -0.358. The second-order valence-electron chi connectivity index (χ2n) is 5.31. The number of fused-ring (bicyclic) bond motifs is 1. The Morgan fingerprint density at radius 3 is 2.65 bits per heavy atom. The third-order valence-corrected chi connectivity index (χ3v) is 3.75. The minimum absolute atomic E-state index is 0.151.